The first kappa shape index (κ1) is 11.3. The highest BCUT2D eigenvalue weighted by molar-refractivity contribution is 6.27. The molecule has 0 radical (unpaired) electrons. The van der Waals surface area contributed by atoms with Gasteiger partial charge in [-0.25, -0.2) is 0 Å². The van der Waals surface area contributed by atoms with Crippen molar-refractivity contribution in [3.05, 3.63) is 0 Å². The van der Waals surface area contributed by atoms with Crippen LogP contribution in [-0.4, -0.2) is 24.0 Å². The lowest BCUT2D eigenvalue weighted by atomic mass is 10.1. The maximum atomic E-state index is 10.9. The Morgan fingerprint density at radius 1 is 1.46 bits per heavy atom. The number of amides is 3. The summed E-state index contributed by atoms with van der Waals surface area (Å²) in [5.74, 6) is -3.06. The number of nitrogens with one attached hydrogen (secondary N) is 1. The van der Waals surface area contributed by atoms with Gasteiger partial charge < -0.3 is 5.73 Å². The van der Waals surface area contributed by atoms with Crippen LogP contribution in [0.2, 0.25) is 0 Å². The molecule has 72 valence electrons. The van der Waals surface area contributed by atoms with Crippen LogP contribution in [0.1, 0.15) is 13.3 Å². The van der Waals surface area contributed by atoms with Gasteiger partial charge in [-0.2, -0.15) is 0 Å². The molecule has 13 heavy (non-hydrogen) atoms. The average Bonchev–Trinajstić information content (AvgIpc) is 2.02. The molecule has 0 heterocycles. The first-order valence-corrected chi connectivity index (χ1v) is 3.55. The van der Waals surface area contributed by atoms with Gasteiger partial charge in [0.05, 0.1) is 0 Å². The Kier molecular flexibility index (Phi) is 4.36. The lowest BCUT2D eigenvalue weighted by molar-refractivity contribution is -0.138. The quantitative estimate of drug-likeness (QED) is 0.404. The van der Waals surface area contributed by atoms with E-state index in [1.807, 2.05) is 0 Å². The van der Waals surface area contributed by atoms with Gasteiger partial charge in [0, 0.05) is 12.3 Å². The summed E-state index contributed by atoms with van der Waals surface area (Å²) in [6, 6.07) is 0. The molecule has 0 rings (SSSR count). The predicted molar refractivity (Wildman–Crippen MR) is 42.2 cm³/mol. The lowest BCUT2D eigenvalue weighted by Crippen LogP contribution is -2.36. The fourth-order valence-corrected chi connectivity index (χ4v) is 0.669. The smallest absolute Gasteiger partial charge is 0.290 e. The van der Waals surface area contributed by atoms with Crippen molar-refractivity contribution < 1.29 is 19.2 Å². The second-order valence-corrected chi connectivity index (χ2v) is 2.54. The normalized spacial score (nSPS) is 11.5. The van der Waals surface area contributed by atoms with E-state index < -0.39 is 23.6 Å². The molecule has 6 heteroatoms. The number of hydrogen-bond acceptors (Lipinski definition) is 4. The van der Waals surface area contributed by atoms with Gasteiger partial charge in [-0.05, 0) is 0 Å². The molecule has 0 fully saturated rings. The monoisotopic (exact) mass is 186 g/mol. The second kappa shape index (κ2) is 5.02. The average molecular weight is 186 g/mol. The summed E-state index contributed by atoms with van der Waals surface area (Å²) in [6.07, 6.45) is -0.174. The molecule has 6 nitrogen and oxygen atoms in total. The van der Waals surface area contributed by atoms with Crippen molar-refractivity contribution in [3.8, 4) is 0 Å². The number of primary amides is 1. The van der Waals surface area contributed by atoms with Gasteiger partial charge >= 0.3 is 0 Å². The molecule has 1 atom stereocenters. The van der Waals surface area contributed by atoms with Gasteiger partial charge in [0.15, 0.2) is 0 Å². The van der Waals surface area contributed by atoms with Gasteiger partial charge in [0.1, 0.15) is 0 Å². The highest BCUT2D eigenvalue weighted by Crippen LogP contribution is 1.99. The number of imide groups is 1. The van der Waals surface area contributed by atoms with Crippen LogP contribution in [0, 0.1) is 5.92 Å². The summed E-state index contributed by atoms with van der Waals surface area (Å²) in [5, 5.41) is 1.78. The van der Waals surface area contributed by atoms with E-state index in [2.05, 4.69) is 0 Å². The summed E-state index contributed by atoms with van der Waals surface area (Å²) in [4.78, 5) is 41.5. The van der Waals surface area contributed by atoms with Gasteiger partial charge in [-0.15, -0.1) is 0 Å². The fraction of sp³-hybridized carbons (Fsp3) is 0.429. The van der Waals surface area contributed by atoms with Crippen LogP contribution in [0.5, 0.6) is 0 Å². The molecule has 0 aromatic rings. The van der Waals surface area contributed by atoms with Crippen LogP contribution in [0.4, 0.5) is 0 Å². The van der Waals surface area contributed by atoms with Crippen molar-refractivity contribution in [3.63, 3.8) is 0 Å². The lowest BCUT2D eigenvalue weighted by Gasteiger charge is -2.06. The molecule has 0 spiro atoms. The largest absolute Gasteiger partial charge is 0.370 e. The van der Waals surface area contributed by atoms with Crippen LogP contribution in [-0.2, 0) is 19.2 Å². The van der Waals surface area contributed by atoms with E-state index >= 15 is 0 Å². The zero-order valence-corrected chi connectivity index (χ0v) is 7.07. The molecule has 0 saturated carbocycles. The van der Waals surface area contributed by atoms with Crippen LogP contribution in [0.15, 0.2) is 0 Å². The first-order valence-electron chi connectivity index (χ1n) is 3.55. The standard InChI is InChI=1S/C7H10N2O4/c1-4(2-5(8)11)7(13)9-6(12)3-10/h3-4H,2H2,1H3,(H2,8,11)(H,9,12,13)/t4-/m0/s1. The van der Waals surface area contributed by atoms with Crippen LogP contribution in [0.25, 0.3) is 0 Å². The minimum Gasteiger partial charge on any atom is -0.370 e. The summed E-state index contributed by atoms with van der Waals surface area (Å²) >= 11 is 0. The topological polar surface area (TPSA) is 106 Å². The fourth-order valence-electron chi connectivity index (χ4n) is 0.669. The Morgan fingerprint density at radius 2 is 2.00 bits per heavy atom. The van der Waals surface area contributed by atoms with E-state index in [1.165, 1.54) is 6.92 Å². The summed E-state index contributed by atoms with van der Waals surface area (Å²) < 4.78 is 0. The van der Waals surface area contributed by atoms with Gasteiger partial charge in [0.25, 0.3) is 5.91 Å². The van der Waals surface area contributed by atoms with Crippen molar-refractivity contribution in [2.45, 2.75) is 13.3 Å². The van der Waals surface area contributed by atoms with E-state index in [4.69, 9.17) is 5.73 Å². The van der Waals surface area contributed by atoms with Crippen molar-refractivity contribution in [2.24, 2.45) is 11.7 Å². The van der Waals surface area contributed by atoms with Crippen molar-refractivity contribution in [2.75, 3.05) is 0 Å². The number of nitrogens with two attached hydrogens (primary N) is 1. The summed E-state index contributed by atoms with van der Waals surface area (Å²) in [6.45, 7) is 1.43. The van der Waals surface area contributed by atoms with E-state index in [9.17, 15) is 19.2 Å². The minimum absolute atomic E-state index is 0.0190. The highest BCUT2D eigenvalue weighted by atomic mass is 16.2. The SMILES string of the molecule is C[C@@H](CC(N)=O)C(=O)NC(=O)C=O. The Hall–Kier alpha value is -1.72. The number of hydrogen-bond donors (Lipinski definition) is 2. The molecule has 0 aromatic heterocycles. The first-order chi connectivity index (χ1) is 5.97. The Bertz CT molecular complexity index is 249. The van der Waals surface area contributed by atoms with Gasteiger partial charge in [0.2, 0.25) is 18.1 Å². The number of rotatable bonds is 4. The molecule has 0 aromatic carbocycles. The maximum absolute atomic E-state index is 10.9. The number of carbonyl (C=O) groups excluding carboxylic acids is 4. The molecular formula is C7H10N2O4. The number of carbonyl (C=O) groups is 4. The molecule has 3 amide bonds. The van der Waals surface area contributed by atoms with Crippen molar-refractivity contribution >= 4 is 24.0 Å². The molecule has 3 N–H and O–H groups in total. The van der Waals surface area contributed by atoms with Crippen LogP contribution >= 0.6 is 0 Å². The zero-order valence-electron chi connectivity index (χ0n) is 7.07. The number of aldehydes is 1. The summed E-state index contributed by atoms with van der Waals surface area (Å²) in [7, 11) is 0. The van der Waals surface area contributed by atoms with E-state index in [1.54, 1.807) is 5.32 Å². The molecular weight excluding hydrogens is 176 g/mol. The van der Waals surface area contributed by atoms with Gasteiger partial charge in [-0.1, -0.05) is 6.92 Å². The molecule has 0 unspecified atom stereocenters. The zero-order chi connectivity index (χ0) is 10.4. The molecule has 0 aliphatic carbocycles. The van der Waals surface area contributed by atoms with E-state index in [0.29, 0.717) is 0 Å². The maximum Gasteiger partial charge on any atom is 0.290 e. The second-order valence-electron chi connectivity index (χ2n) is 2.54. The third-order valence-corrected chi connectivity index (χ3v) is 1.31. The highest BCUT2D eigenvalue weighted by Gasteiger charge is 2.16. The Balaban J connectivity index is 4.03. The Labute approximate surface area is 74.5 Å². The van der Waals surface area contributed by atoms with E-state index in [0.717, 1.165) is 0 Å². The predicted octanol–water partition coefficient (Wildman–Crippen LogP) is -1.66. The molecule has 0 bridgehead atoms. The van der Waals surface area contributed by atoms with Crippen molar-refractivity contribution in [1.82, 2.24) is 5.32 Å². The Morgan fingerprint density at radius 3 is 2.38 bits per heavy atom. The van der Waals surface area contributed by atoms with E-state index in [-0.39, 0.29) is 12.7 Å². The minimum atomic E-state index is -1.03. The van der Waals surface area contributed by atoms with Crippen LogP contribution < -0.4 is 11.1 Å². The van der Waals surface area contributed by atoms with Crippen molar-refractivity contribution in [1.29, 1.82) is 0 Å². The van der Waals surface area contributed by atoms with Crippen LogP contribution in [0.3, 0.4) is 0 Å². The molecule has 0 aliphatic rings. The summed E-state index contributed by atoms with van der Waals surface area (Å²) in [5.41, 5.74) is 4.82. The van der Waals surface area contributed by atoms with Gasteiger partial charge in [-0.3, -0.25) is 24.5 Å². The molecule has 0 aliphatic heterocycles. The third kappa shape index (κ3) is 4.67. The molecule has 0 saturated heterocycles. The third-order valence-electron chi connectivity index (χ3n) is 1.31.